The second-order valence-corrected chi connectivity index (χ2v) is 4.17. The Hall–Kier alpha value is -2.08. The van der Waals surface area contributed by atoms with Crippen molar-refractivity contribution >= 4 is 11.9 Å². The van der Waals surface area contributed by atoms with Gasteiger partial charge in [-0.05, 0) is 31.9 Å². The van der Waals surface area contributed by atoms with Gasteiger partial charge in [-0.15, -0.1) is 0 Å². The van der Waals surface area contributed by atoms with Crippen LogP contribution in [0.1, 0.15) is 37.8 Å². The van der Waals surface area contributed by atoms with E-state index in [1.807, 2.05) is 39.8 Å². The number of phenolic OH excluding ortho intramolecular Hbond substituents is 1. The number of aryl methyl sites for hydroxylation is 2. The first-order valence-electron chi connectivity index (χ1n) is 6.70. The molecule has 120 valence electrons. The van der Waals surface area contributed by atoms with Crippen LogP contribution in [0.25, 0.3) is 0 Å². The van der Waals surface area contributed by atoms with E-state index >= 15 is 0 Å². The highest BCUT2D eigenvalue weighted by atomic mass is 16.4. The lowest BCUT2D eigenvalue weighted by atomic mass is 10.1. The van der Waals surface area contributed by atoms with Crippen LogP contribution in [0.4, 0.5) is 0 Å². The smallest absolute Gasteiger partial charge is 0.320 e. The Labute approximate surface area is 125 Å². The van der Waals surface area contributed by atoms with Crippen LogP contribution >= 0.6 is 0 Å². The number of nitrogens with two attached hydrogens (primary N) is 1. The number of hydrogen-bond acceptors (Lipinski definition) is 4. The molecule has 0 amide bonds. The normalized spacial score (nSPS) is 10.3. The molecule has 6 heteroatoms. The number of carboxylic acid groups (broad SMARTS) is 2. The Balaban J connectivity index is 0. The van der Waals surface area contributed by atoms with E-state index in [2.05, 4.69) is 0 Å². The maximum Gasteiger partial charge on any atom is 0.320 e. The molecule has 0 saturated carbocycles. The molecule has 0 aliphatic carbocycles. The van der Waals surface area contributed by atoms with Gasteiger partial charge in [0, 0.05) is 6.42 Å². The minimum absolute atomic E-state index is 0.0231. The second-order valence-electron chi connectivity index (χ2n) is 4.17. The van der Waals surface area contributed by atoms with E-state index in [1.165, 1.54) is 5.56 Å². The Morgan fingerprint density at radius 3 is 2.05 bits per heavy atom. The van der Waals surface area contributed by atoms with Crippen molar-refractivity contribution in [1.82, 2.24) is 0 Å². The molecule has 1 atom stereocenters. The molecule has 21 heavy (non-hydrogen) atoms. The van der Waals surface area contributed by atoms with Gasteiger partial charge >= 0.3 is 11.9 Å². The molecular weight excluding hydrogens is 274 g/mol. The lowest BCUT2D eigenvalue weighted by molar-refractivity contribution is -0.139. The molecule has 0 aliphatic rings. The van der Waals surface area contributed by atoms with E-state index in [9.17, 15) is 9.59 Å². The summed E-state index contributed by atoms with van der Waals surface area (Å²) in [4.78, 5) is 19.9. The Kier molecular flexibility index (Phi) is 11.8. The largest absolute Gasteiger partial charge is 0.508 e. The van der Waals surface area contributed by atoms with Crippen LogP contribution in [0, 0.1) is 13.8 Å². The van der Waals surface area contributed by atoms with Crippen molar-refractivity contribution in [2.45, 2.75) is 46.6 Å². The van der Waals surface area contributed by atoms with E-state index in [0.29, 0.717) is 5.75 Å². The molecule has 0 radical (unpaired) electrons. The molecule has 0 bridgehead atoms. The molecule has 0 spiro atoms. The minimum Gasteiger partial charge on any atom is -0.508 e. The van der Waals surface area contributed by atoms with E-state index in [0.717, 1.165) is 5.56 Å². The average molecular weight is 299 g/mol. The van der Waals surface area contributed by atoms with Gasteiger partial charge in [0.25, 0.3) is 0 Å². The number of aliphatic carboxylic acids is 2. The number of carboxylic acids is 2. The van der Waals surface area contributed by atoms with Crippen molar-refractivity contribution in [1.29, 1.82) is 0 Å². The maximum atomic E-state index is 9.99. The molecular formula is C15H25NO5. The molecule has 0 aromatic heterocycles. The third-order valence-corrected chi connectivity index (χ3v) is 2.34. The molecule has 1 rings (SSSR count). The zero-order valence-electron chi connectivity index (χ0n) is 13.0. The standard InChI is InChI=1S/C8H10O.C5H9NO4.C2H6/c1-6-3-4-8(9)7(2)5-6;6-3(5(9)10)1-2-4(7)8;1-2/h3-5,9H,1-2H3;3H,1-2,6H2,(H,7,8)(H,9,10);1-2H3. The number of benzene rings is 1. The monoisotopic (exact) mass is 299 g/mol. The van der Waals surface area contributed by atoms with Gasteiger partial charge in [-0.25, -0.2) is 0 Å². The lowest BCUT2D eigenvalue weighted by Gasteiger charge is -2.01. The summed E-state index contributed by atoms with van der Waals surface area (Å²) in [6.45, 7) is 7.90. The van der Waals surface area contributed by atoms with Gasteiger partial charge in [-0.1, -0.05) is 31.5 Å². The van der Waals surface area contributed by atoms with Gasteiger partial charge in [0.05, 0.1) is 0 Å². The van der Waals surface area contributed by atoms with E-state index < -0.39 is 18.0 Å². The van der Waals surface area contributed by atoms with Gasteiger partial charge < -0.3 is 21.1 Å². The SMILES string of the molecule is CC.Cc1ccc(O)c(C)c1.NC(CCC(=O)O)C(=O)O. The van der Waals surface area contributed by atoms with Crippen molar-refractivity contribution in [3.8, 4) is 5.75 Å². The summed E-state index contributed by atoms with van der Waals surface area (Å²) in [5, 5.41) is 25.3. The highest BCUT2D eigenvalue weighted by Gasteiger charge is 2.12. The second kappa shape index (κ2) is 11.7. The van der Waals surface area contributed by atoms with E-state index in [1.54, 1.807) is 6.07 Å². The molecule has 1 aromatic carbocycles. The third-order valence-electron chi connectivity index (χ3n) is 2.34. The highest BCUT2D eigenvalue weighted by Crippen LogP contribution is 2.15. The van der Waals surface area contributed by atoms with Gasteiger partial charge in [-0.2, -0.15) is 0 Å². The molecule has 0 saturated heterocycles. The Morgan fingerprint density at radius 2 is 1.71 bits per heavy atom. The third kappa shape index (κ3) is 11.4. The summed E-state index contributed by atoms with van der Waals surface area (Å²) in [5.41, 5.74) is 7.13. The molecule has 0 aliphatic heterocycles. The topological polar surface area (TPSA) is 121 Å². The molecule has 0 heterocycles. The first kappa shape index (κ1) is 21.2. The van der Waals surface area contributed by atoms with E-state index in [-0.39, 0.29) is 12.8 Å². The fourth-order valence-electron chi connectivity index (χ4n) is 1.21. The van der Waals surface area contributed by atoms with Crippen LogP contribution in [0.5, 0.6) is 5.75 Å². The van der Waals surface area contributed by atoms with Crippen LogP contribution in [0.3, 0.4) is 0 Å². The predicted octanol–water partition coefficient (Wildman–Crippen LogP) is 2.30. The van der Waals surface area contributed by atoms with Gasteiger partial charge in [-0.3, -0.25) is 9.59 Å². The number of rotatable bonds is 4. The van der Waals surface area contributed by atoms with Gasteiger partial charge in [0.2, 0.25) is 0 Å². The van der Waals surface area contributed by atoms with Crippen molar-refractivity contribution in [2.24, 2.45) is 5.73 Å². The number of aromatic hydroxyl groups is 1. The molecule has 5 N–H and O–H groups in total. The van der Waals surface area contributed by atoms with Crippen LogP contribution in [0.2, 0.25) is 0 Å². The van der Waals surface area contributed by atoms with Crippen LogP contribution < -0.4 is 5.73 Å². The Bertz CT molecular complexity index is 446. The first-order valence-corrected chi connectivity index (χ1v) is 6.70. The zero-order valence-corrected chi connectivity index (χ0v) is 13.0. The summed E-state index contributed by atoms with van der Waals surface area (Å²) in [6.07, 6.45) is -0.224. The average Bonchev–Trinajstić information content (AvgIpc) is 2.43. The van der Waals surface area contributed by atoms with Gasteiger partial charge in [0.15, 0.2) is 0 Å². The highest BCUT2D eigenvalue weighted by molar-refractivity contribution is 5.74. The number of hydrogen-bond donors (Lipinski definition) is 4. The molecule has 6 nitrogen and oxygen atoms in total. The number of carbonyl (C=O) groups is 2. The summed E-state index contributed by atoms with van der Waals surface area (Å²) < 4.78 is 0. The van der Waals surface area contributed by atoms with Gasteiger partial charge in [0.1, 0.15) is 11.8 Å². The molecule has 1 aromatic rings. The van der Waals surface area contributed by atoms with Crippen molar-refractivity contribution < 1.29 is 24.9 Å². The lowest BCUT2D eigenvalue weighted by Crippen LogP contribution is -2.30. The van der Waals surface area contributed by atoms with Crippen molar-refractivity contribution in [3.05, 3.63) is 29.3 Å². The maximum absolute atomic E-state index is 9.99. The minimum atomic E-state index is -1.17. The quantitative estimate of drug-likeness (QED) is 0.677. The van der Waals surface area contributed by atoms with Crippen LogP contribution in [-0.2, 0) is 9.59 Å². The van der Waals surface area contributed by atoms with Crippen LogP contribution in [0.15, 0.2) is 18.2 Å². The van der Waals surface area contributed by atoms with Crippen molar-refractivity contribution in [3.63, 3.8) is 0 Å². The molecule has 1 unspecified atom stereocenters. The fraction of sp³-hybridized carbons (Fsp3) is 0.467. The summed E-state index contributed by atoms with van der Waals surface area (Å²) in [7, 11) is 0. The number of phenols is 1. The zero-order chi connectivity index (χ0) is 17.0. The summed E-state index contributed by atoms with van der Waals surface area (Å²) >= 11 is 0. The predicted molar refractivity (Wildman–Crippen MR) is 81.4 cm³/mol. The first-order chi connectivity index (χ1) is 9.73. The van der Waals surface area contributed by atoms with Crippen LogP contribution in [-0.4, -0.2) is 33.3 Å². The van der Waals surface area contributed by atoms with Crippen molar-refractivity contribution in [2.75, 3.05) is 0 Å². The summed E-state index contributed by atoms with van der Waals surface area (Å²) in [5.74, 6) is -1.82. The molecule has 0 fully saturated rings. The Morgan fingerprint density at radius 1 is 1.19 bits per heavy atom. The van der Waals surface area contributed by atoms with E-state index in [4.69, 9.17) is 21.1 Å². The summed E-state index contributed by atoms with van der Waals surface area (Å²) in [6, 6.07) is 4.50. The fourth-order valence-corrected chi connectivity index (χ4v) is 1.21.